The number of hydrogen-bond donors (Lipinski definition) is 1. The maximum atomic E-state index is 6.03. The van der Waals surface area contributed by atoms with Gasteiger partial charge >= 0.3 is 0 Å². The van der Waals surface area contributed by atoms with Gasteiger partial charge in [0.25, 0.3) is 0 Å². The minimum absolute atomic E-state index is 0.397. The van der Waals surface area contributed by atoms with E-state index in [2.05, 4.69) is 12.2 Å². The first-order chi connectivity index (χ1) is 7.69. The maximum Gasteiger partial charge on any atom is 0.0424 e. The standard InChI is InChI=1S/C13H17Cl2N/c1-2-16-13(5-9-3-4-9)10-6-11(14)8-12(15)7-10/h6-9,13,16H,2-5H2,1H3. The van der Waals surface area contributed by atoms with Crippen LogP contribution in [0.5, 0.6) is 0 Å². The number of halogens is 2. The molecule has 1 N–H and O–H groups in total. The van der Waals surface area contributed by atoms with Gasteiger partial charge in [-0.05, 0) is 42.6 Å². The second kappa shape index (κ2) is 5.39. The smallest absolute Gasteiger partial charge is 0.0424 e. The van der Waals surface area contributed by atoms with Crippen LogP contribution in [0.2, 0.25) is 10.0 Å². The molecule has 1 aliphatic rings. The van der Waals surface area contributed by atoms with Crippen molar-refractivity contribution in [2.75, 3.05) is 6.54 Å². The summed E-state index contributed by atoms with van der Waals surface area (Å²) in [6, 6.07) is 6.22. The SMILES string of the molecule is CCNC(CC1CC1)c1cc(Cl)cc(Cl)c1. The predicted octanol–water partition coefficient (Wildman–Crippen LogP) is 4.44. The number of nitrogens with one attached hydrogen (secondary N) is 1. The highest BCUT2D eigenvalue weighted by atomic mass is 35.5. The molecule has 1 aromatic rings. The van der Waals surface area contributed by atoms with Crippen molar-refractivity contribution in [3.8, 4) is 0 Å². The molecular weight excluding hydrogens is 241 g/mol. The Kier molecular flexibility index (Phi) is 4.12. The summed E-state index contributed by atoms with van der Waals surface area (Å²) >= 11 is 12.1. The van der Waals surface area contributed by atoms with E-state index in [-0.39, 0.29) is 0 Å². The van der Waals surface area contributed by atoms with Crippen LogP contribution in [-0.2, 0) is 0 Å². The van der Waals surface area contributed by atoms with Crippen molar-refractivity contribution in [1.82, 2.24) is 5.32 Å². The average molecular weight is 258 g/mol. The normalized spacial score (nSPS) is 17.4. The molecule has 1 unspecified atom stereocenters. The molecule has 88 valence electrons. The van der Waals surface area contributed by atoms with Crippen molar-refractivity contribution in [2.24, 2.45) is 5.92 Å². The molecule has 1 atom stereocenters. The monoisotopic (exact) mass is 257 g/mol. The second-order valence-electron chi connectivity index (χ2n) is 4.49. The van der Waals surface area contributed by atoms with Crippen molar-refractivity contribution < 1.29 is 0 Å². The minimum Gasteiger partial charge on any atom is -0.310 e. The quantitative estimate of drug-likeness (QED) is 0.823. The third-order valence-corrected chi connectivity index (χ3v) is 3.44. The Bertz CT molecular complexity index is 341. The average Bonchev–Trinajstić information content (AvgIpc) is 2.99. The molecule has 1 aromatic carbocycles. The molecular formula is C13H17Cl2N. The van der Waals surface area contributed by atoms with Gasteiger partial charge in [0, 0.05) is 16.1 Å². The van der Waals surface area contributed by atoms with E-state index in [0.29, 0.717) is 6.04 Å². The molecule has 3 heteroatoms. The Hall–Kier alpha value is -0.240. The van der Waals surface area contributed by atoms with E-state index in [0.717, 1.165) is 22.5 Å². The Balaban J connectivity index is 2.15. The van der Waals surface area contributed by atoms with E-state index in [4.69, 9.17) is 23.2 Å². The lowest BCUT2D eigenvalue weighted by Gasteiger charge is -2.18. The highest BCUT2D eigenvalue weighted by Crippen LogP contribution is 2.38. The fourth-order valence-electron chi connectivity index (χ4n) is 2.05. The summed E-state index contributed by atoms with van der Waals surface area (Å²) in [6.07, 6.45) is 3.94. The zero-order valence-electron chi connectivity index (χ0n) is 9.47. The summed E-state index contributed by atoms with van der Waals surface area (Å²) in [4.78, 5) is 0. The van der Waals surface area contributed by atoms with Crippen LogP contribution in [0.1, 0.15) is 37.8 Å². The Labute approximate surface area is 107 Å². The summed E-state index contributed by atoms with van der Waals surface area (Å²) in [5, 5.41) is 4.95. The van der Waals surface area contributed by atoms with E-state index in [1.807, 2.05) is 12.1 Å². The first kappa shape index (κ1) is 12.2. The maximum absolute atomic E-state index is 6.03. The summed E-state index contributed by atoms with van der Waals surface area (Å²) in [5.74, 6) is 0.891. The van der Waals surface area contributed by atoms with E-state index < -0.39 is 0 Å². The van der Waals surface area contributed by atoms with Crippen LogP contribution < -0.4 is 5.32 Å². The summed E-state index contributed by atoms with van der Waals surface area (Å²) in [5.41, 5.74) is 1.21. The molecule has 1 nitrogen and oxygen atoms in total. The summed E-state index contributed by atoms with van der Waals surface area (Å²) < 4.78 is 0. The fourth-order valence-corrected chi connectivity index (χ4v) is 2.59. The molecule has 1 fully saturated rings. The topological polar surface area (TPSA) is 12.0 Å². The van der Waals surface area contributed by atoms with Crippen LogP contribution in [-0.4, -0.2) is 6.54 Å². The largest absolute Gasteiger partial charge is 0.310 e. The van der Waals surface area contributed by atoms with Crippen LogP contribution in [0.15, 0.2) is 18.2 Å². The van der Waals surface area contributed by atoms with Gasteiger partial charge in [-0.3, -0.25) is 0 Å². The van der Waals surface area contributed by atoms with Gasteiger partial charge < -0.3 is 5.32 Å². The molecule has 1 aliphatic carbocycles. The lowest BCUT2D eigenvalue weighted by atomic mass is 10.0. The Morgan fingerprint density at radius 1 is 1.25 bits per heavy atom. The first-order valence-electron chi connectivity index (χ1n) is 5.88. The molecule has 0 aliphatic heterocycles. The van der Waals surface area contributed by atoms with Crippen LogP contribution in [0.25, 0.3) is 0 Å². The second-order valence-corrected chi connectivity index (χ2v) is 5.36. The molecule has 0 spiro atoms. The lowest BCUT2D eigenvalue weighted by molar-refractivity contribution is 0.487. The van der Waals surface area contributed by atoms with Crippen LogP contribution in [0, 0.1) is 5.92 Å². The van der Waals surface area contributed by atoms with E-state index >= 15 is 0 Å². The van der Waals surface area contributed by atoms with Crippen molar-refractivity contribution in [1.29, 1.82) is 0 Å². The van der Waals surface area contributed by atoms with Gasteiger partial charge in [0.15, 0.2) is 0 Å². The fraction of sp³-hybridized carbons (Fsp3) is 0.538. The number of hydrogen-bond acceptors (Lipinski definition) is 1. The van der Waals surface area contributed by atoms with Crippen molar-refractivity contribution in [3.05, 3.63) is 33.8 Å². The van der Waals surface area contributed by atoms with E-state index in [1.54, 1.807) is 6.07 Å². The Morgan fingerprint density at radius 3 is 2.38 bits per heavy atom. The van der Waals surface area contributed by atoms with Crippen molar-refractivity contribution in [3.63, 3.8) is 0 Å². The van der Waals surface area contributed by atoms with Crippen molar-refractivity contribution >= 4 is 23.2 Å². The van der Waals surface area contributed by atoms with Gasteiger partial charge in [0.05, 0.1) is 0 Å². The minimum atomic E-state index is 0.397. The van der Waals surface area contributed by atoms with Gasteiger partial charge in [-0.25, -0.2) is 0 Å². The van der Waals surface area contributed by atoms with Gasteiger partial charge in [0.2, 0.25) is 0 Å². The molecule has 0 aromatic heterocycles. The highest BCUT2D eigenvalue weighted by molar-refractivity contribution is 6.34. The summed E-state index contributed by atoms with van der Waals surface area (Å²) in [7, 11) is 0. The zero-order valence-corrected chi connectivity index (χ0v) is 11.0. The molecule has 1 saturated carbocycles. The molecule has 16 heavy (non-hydrogen) atoms. The van der Waals surface area contributed by atoms with Gasteiger partial charge in [0.1, 0.15) is 0 Å². The summed E-state index contributed by atoms with van der Waals surface area (Å²) in [6.45, 7) is 3.10. The lowest BCUT2D eigenvalue weighted by Crippen LogP contribution is -2.21. The zero-order chi connectivity index (χ0) is 11.5. The molecule has 0 saturated heterocycles. The predicted molar refractivity (Wildman–Crippen MR) is 70.2 cm³/mol. The molecule has 0 heterocycles. The molecule has 0 amide bonds. The van der Waals surface area contributed by atoms with Gasteiger partial charge in [-0.1, -0.05) is 43.0 Å². The highest BCUT2D eigenvalue weighted by Gasteiger charge is 2.26. The third-order valence-electron chi connectivity index (χ3n) is 3.00. The molecule has 0 bridgehead atoms. The van der Waals surface area contributed by atoms with Crippen LogP contribution >= 0.6 is 23.2 Å². The van der Waals surface area contributed by atoms with Crippen molar-refractivity contribution in [2.45, 2.75) is 32.2 Å². The Morgan fingerprint density at radius 2 is 1.88 bits per heavy atom. The third kappa shape index (κ3) is 3.38. The molecule has 2 rings (SSSR count). The van der Waals surface area contributed by atoms with Crippen LogP contribution in [0.3, 0.4) is 0 Å². The number of benzene rings is 1. The van der Waals surface area contributed by atoms with Gasteiger partial charge in [-0.15, -0.1) is 0 Å². The van der Waals surface area contributed by atoms with E-state index in [1.165, 1.54) is 24.8 Å². The van der Waals surface area contributed by atoms with Gasteiger partial charge in [-0.2, -0.15) is 0 Å². The first-order valence-corrected chi connectivity index (χ1v) is 6.64. The van der Waals surface area contributed by atoms with E-state index in [9.17, 15) is 0 Å². The van der Waals surface area contributed by atoms with Crippen LogP contribution in [0.4, 0.5) is 0 Å². The number of rotatable bonds is 5. The molecule has 0 radical (unpaired) electrons.